The molecule has 0 spiro atoms. The van der Waals surface area contributed by atoms with Gasteiger partial charge in [-0.2, -0.15) is 0 Å². The van der Waals surface area contributed by atoms with Gasteiger partial charge in [0, 0.05) is 0 Å². The molecule has 0 N–H and O–H groups in total. The predicted molar refractivity (Wildman–Crippen MR) is 68.9 cm³/mol. The van der Waals surface area contributed by atoms with Crippen molar-refractivity contribution < 1.29 is 0 Å². The van der Waals surface area contributed by atoms with Gasteiger partial charge in [0.05, 0.1) is 0 Å². The second-order valence-corrected chi connectivity index (χ2v) is 4.49. The van der Waals surface area contributed by atoms with Gasteiger partial charge in [0.2, 0.25) is 0 Å². The van der Waals surface area contributed by atoms with Gasteiger partial charge < -0.3 is 0 Å². The maximum absolute atomic E-state index is 2.28. The van der Waals surface area contributed by atoms with Crippen LogP contribution in [-0.2, 0) is 0 Å². The Morgan fingerprint density at radius 2 is 1.93 bits per heavy atom. The van der Waals surface area contributed by atoms with Crippen LogP contribution in [0.15, 0.2) is 46.6 Å². The second kappa shape index (κ2) is 5.75. The lowest BCUT2D eigenvalue weighted by Gasteiger charge is -2.14. The van der Waals surface area contributed by atoms with E-state index >= 15 is 0 Å². The Morgan fingerprint density at radius 1 is 1.20 bits per heavy atom. The predicted octanol–water partition coefficient (Wildman–Crippen LogP) is 4.96. The number of hydrogen-bond donors (Lipinski definition) is 0. The third-order valence-corrected chi connectivity index (χ3v) is 2.77. The maximum Gasteiger partial charge on any atom is -0.0239 e. The first-order chi connectivity index (χ1) is 7.13. The van der Waals surface area contributed by atoms with E-state index in [1.165, 1.54) is 35.1 Å². The summed E-state index contributed by atoms with van der Waals surface area (Å²) < 4.78 is 0. The summed E-state index contributed by atoms with van der Waals surface area (Å²) in [6, 6.07) is 0. The van der Waals surface area contributed by atoms with E-state index in [4.69, 9.17) is 0 Å². The summed E-state index contributed by atoms with van der Waals surface area (Å²) in [5.74, 6) is 0. The fraction of sp³-hybridized carbons (Fsp3) is 0.467. The molecule has 0 unspecified atom stereocenters. The Labute approximate surface area is 94.1 Å². The molecule has 0 heterocycles. The fourth-order valence-electron chi connectivity index (χ4n) is 1.73. The molecule has 1 aliphatic carbocycles. The van der Waals surface area contributed by atoms with Gasteiger partial charge >= 0.3 is 0 Å². The highest BCUT2D eigenvalue weighted by Gasteiger charge is 2.06. The largest absolute Gasteiger partial charge is 0.0764 e. The highest BCUT2D eigenvalue weighted by Crippen LogP contribution is 2.25. The molecule has 15 heavy (non-hydrogen) atoms. The average Bonchev–Trinajstić information content (AvgIpc) is 2.21. The van der Waals surface area contributed by atoms with Crippen LogP contribution < -0.4 is 0 Å². The Hall–Kier alpha value is -1.04. The Morgan fingerprint density at radius 3 is 2.40 bits per heavy atom. The summed E-state index contributed by atoms with van der Waals surface area (Å²) >= 11 is 0. The van der Waals surface area contributed by atoms with E-state index in [1.54, 1.807) is 0 Å². The first-order valence-electron chi connectivity index (χ1n) is 5.84. The molecule has 0 amide bonds. The molecular formula is C15H22. The van der Waals surface area contributed by atoms with Crippen molar-refractivity contribution in [1.82, 2.24) is 0 Å². The molecule has 0 aromatic rings. The zero-order valence-corrected chi connectivity index (χ0v) is 10.4. The Balaban J connectivity index is 2.85. The second-order valence-electron chi connectivity index (χ2n) is 4.49. The van der Waals surface area contributed by atoms with E-state index in [1.807, 2.05) is 0 Å². The monoisotopic (exact) mass is 202 g/mol. The molecule has 0 atom stereocenters. The van der Waals surface area contributed by atoms with Crippen molar-refractivity contribution in [3.8, 4) is 0 Å². The zero-order valence-electron chi connectivity index (χ0n) is 10.4. The van der Waals surface area contributed by atoms with Gasteiger partial charge in [0.1, 0.15) is 0 Å². The maximum atomic E-state index is 2.28. The highest BCUT2D eigenvalue weighted by atomic mass is 14.1. The third-order valence-electron chi connectivity index (χ3n) is 2.77. The van der Waals surface area contributed by atoms with Crippen LogP contribution >= 0.6 is 0 Å². The van der Waals surface area contributed by atoms with Crippen LogP contribution in [0, 0.1) is 0 Å². The number of hydrogen-bond acceptors (Lipinski definition) is 0. The summed E-state index contributed by atoms with van der Waals surface area (Å²) in [6.45, 7) is 8.72. The Bertz CT molecular complexity index is 331. The van der Waals surface area contributed by atoms with Gasteiger partial charge in [-0.25, -0.2) is 0 Å². The Kier molecular flexibility index (Phi) is 4.61. The molecule has 1 aliphatic rings. The van der Waals surface area contributed by atoms with E-state index in [2.05, 4.69) is 52.0 Å². The van der Waals surface area contributed by atoms with Crippen molar-refractivity contribution in [2.45, 2.75) is 47.0 Å². The van der Waals surface area contributed by atoms with Crippen molar-refractivity contribution in [1.29, 1.82) is 0 Å². The van der Waals surface area contributed by atoms with Crippen molar-refractivity contribution in [3.05, 3.63) is 46.6 Å². The lowest BCUT2D eigenvalue weighted by molar-refractivity contribution is 0.893. The molecule has 0 fully saturated rings. The molecule has 0 saturated carbocycles. The first-order valence-corrected chi connectivity index (χ1v) is 5.84. The smallest absolute Gasteiger partial charge is 0.0239 e. The van der Waals surface area contributed by atoms with Crippen LogP contribution in [0.25, 0.3) is 0 Å². The van der Waals surface area contributed by atoms with Crippen LogP contribution in [0.2, 0.25) is 0 Å². The van der Waals surface area contributed by atoms with Crippen LogP contribution in [-0.4, -0.2) is 0 Å². The lowest BCUT2D eigenvalue weighted by atomic mass is 9.92. The van der Waals surface area contributed by atoms with Gasteiger partial charge in [-0.05, 0) is 51.2 Å². The standard InChI is InChI=1S/C15H22/c1-5-14(9-6-12(2)3)15-10-7-13(4)8-11-15/h6-7,9-10H,5,8,11H2,1-4H3/b14-9+. The van der Waals surface area contributed by atoms with E-state index < -0.39 is 0 Å². The summed E-state index contributed by atoms with van der Waals surface area (Å²) in [6.07, 6.45) is 12.6. The normalized spacial score (nSPS) is 16.9. The number of allylic oxidation sites excluding steroid dienone is 8. The first kappa shape index (κ1) is 12.0. The van der Waals surface area contributed by atoms with E-state index in [-0.39, 0.29) is 0 Å². The van der Waals surface area contributed by atoms with Gasteiger partial charge in [-0.3, -0.25) is 0 Å². The zero-order chi connectivity index (χ0) is 11.3. The summed E-state index contributed by atoms with van der Waals surface area (Å²) in [5.41, 5.74) is 5.86. The molecule has 0 radical (unpaired) electrons. The minimum atomic E-state index is 1.13. The molecule has 0 nitrogen and oxygen atoms in total. The van der Waals surface area contributed by atoms with Gasteiger partial charge in [-0.15, -0.1) is 0 Å². The fourth-order valence-corrected chi connectivity index (χ4v) is 1.73. The molecular weight excluding hydrogens is 180 g/mol. The van der Waals surface area contributed by atoms with Gasteiger partial charge in [-0.1, -0.05) is 42.4 Å². The van der Waals surface area contributed by atoms with E-state index in [9.17, 15) is 0 Å². The highest BCUT2D eigenvalue weighted by molar-refractivity contribution is 5.39. The van der Waals surface area contributed by atoms with Crippen LogP contribution in [0.5, 0.6) is 0 Å². The molecule has 0 bridgehead atoms. The van der Waals surface area contributed by atoms with Gasteiger partial charge in [0.15, 0.2) is 0 Å². The lowest BCUT2D eigenvalue weighted by Crippen LogP contribution is -1.94. The summed E-state index contributed by atoms with van der Waals surface area (Å²) in [7, 11) is 0. The molecule has 0 saturated heterocycles. The van der Waals surface area contributed by atoms with Gasteiger partial charge in [0.25, 0.3) is 0 Å². The van der Waals surface area contributed by atoms with Crippen molar-refractivity contribution >= 4 is 0 Å². The van der Waals surface area contributed by atoms with Crippen molar-refractivity contribution in [2.24, 2.45) is 0 Å². The molecule has 1 rings (SSSR count). The van der Waals surface area contributed by atoms with Crippen molar-refractivity contribution in [2.75, 3.05) is 0 Å². The molecule has 0 aliphatic heterocycles. The SMILES string of the molecule is CC/C(=C\C=C(C)C)C1=CC=C(C)CC1. The molecule has 82 valence electrons. The third kappa shape index (κ3) is 3.91. The van der Waals surface area contributed by atoms with E-state index in [0.29, 0.717) is 0 Å². The van der Waals surface area contributed by atoms with Crippen LogP contribution in [0.3, 0.4) is 0 Å². The topological polar surface area (TPSA) is 0 Å². The van der Waals surface area contributed by atoms with Crippen molar-refractivity contribution in [3.63, 3.8) is 0 Å². The van der Waals surface area contributed by atoms with Crippen LogP contribution in [0.1, 0.15) is 47.0 Å². The van der Waals surface area contributed by atoms with E-state index in [0.717, 1.165) is 6.42 Å². The minimum Gasteiger partial charge on any atom is -0.0764 e. The minimum absolute atomic E-state index is 1.13. The quantitative estimate of drug-likeness (QED) is 0.568. The average molecular weight is 202 g/mol. The number of rotatable bonds is 3. The molecule has 0 heteroatoms. The summed E-state index contributed by atoms with van der Waals surface area (Å²) in [4.78, 5) is 0. The molecule has 0 aromatic heterocycles. The molecule has 0 aromatic carbocycles. The van der Waals surface area contributed by atoms with Crippen LogP contribution in [0.4, 0.5) is 0 Å². The summed E-state index contributed by atoms with van der Waals surface area (Å²) in [5, 5.41) is 0.